The molecule has 130 valence electrons. The van der Waals surface area contributed by atoms with Crippen LogP contribution in [0.3, 0.4) is 0 Å². The number of likely N-dealkylation sites (tertiary alicyclic amines) is 1. The number of anilines is 1. The van der Waals surface area contributed by atoms with E-state index in [1.165, 1.54) is 37.3 Å². The maximum Gasteiger partial charge on any atom is 0.411 e. The van der Waals surface area contributed by atoms with E-state index in [9.17, 15) is 4.79 Å². The third kappa shape index (κ3) is 7.68. The van der Waals surface area contributed by atoms with Gasteiger partial charge in [-0.05, 0) is 43.9 Å². The molecule has 0 saturated carbocycles. The number of carbonyl (C=O) groups is 1. The van der Waals surface area contributed by atoms with Crippen molar-refractivity contribution in [2.24, 2.45) is 0 Å². The third-order valence-corrected chi connectivity index (χ3v) is 3.90. The Balaban J connectivity index is 0.00000264. The first-order valence-corrected chi connectivity index (χ1v) is 8.22. The standard InChI is InChI=1S/C17H26N2O3.ClH/c1-2-21-14-15-7-6-8-16(13-15)18-17(20)22-12-11-19-9-4-3-5-10-19;/h6-8,13H,2-5,9-12,14H2,1H3,(H,18,20);1H. The van der Waals surface area contributed by atoms with Crippen molar-refractivity contribution >= 4 is 11.8 Å². The van der Waals surface area contributed by atoms with Crippen molar-refractivity contribution in [3.05, 3.63) is 29.8 Å². The lowest BCUT2D eigenvalue weighted by Gasteiger charge is -2.23. The van der Waals surface area contributed by atoms with Gasteiger partial charge in [0.2, 0.25) is 0 Å². The Morgan fingerprint density at radius 3 is 2.78 bits per heavy atom. The molecule has 0 aromatic heterocycles. The summed E-state index contributed by atoms with van der Waals surface area (Å²) in [7, 11) is 0. The number of hydrogen-bond donors (Lipinski definition) is 2. The van der Waals surface area contributed by atoms with Crippen LogP contribution in [0.2, 0.25) is 0 Å². The molecule has 1 aliphatic heterocycles. The van der Waals surface area contributed by atoms with Gasteiger partial charge in [0.15, 0.2) is 0 Å². The molecule has 2 N–H and O–H groups in total. The molecular formula is C17H27ClN2O3. The molecular weight excluding hydrogens is 316 g/mol. The van der Waals surface area contributed by atoms with Crippen molar-refractivity contribution in [3.8, 4) is 0 Å². The van der Waals surface area contributed by atoms with Gasteiger partial charge in [-0.25, -0.2) is 4.79 Å². The van der Waals surface area contributed by atoms with E-state index in [-0.39, 0.29) is 18.5 Å². The SMILES string of the molecule is CCOCc1cccc(NC(=O)OCC[NH+]2CCCCC2)c1.[Cl-]. The Kier molecular flexibility index (Phi) is 9.67. The summed E-state index contributed by atoms with van der Waals surface area (Å²) in [6.45, 7) is 6.97. The Morgan fingerprint density at radius 1 is 1.26 bits per heavy atom. The highest BCUT2D eigenvalue weighted by Gasteiger charge is 2.13. The van der Waals surface area contributed by atoms with Gasteiger partial charge in [-0.2, -0.15) is 0 Å². The fourth-order valence-electron chi connectivity index (χ4n) is 2.70. The van der Waals surface area contributed by atoms with Gasteiger partial charge in [0.05, 0.1) is 19.7 Å². The van der Waals surface area contributed by atoms with E-state index >= 15 is 0 Å². The highest BCUT2D eigenvalue weighted by Crippen LogP contribution is 2.11. The van der Waals surface area contributed by atoms with E-state index in [1.54, 1.807) is 0 Å². The molecule has 0 aliphatic carbocycles. The van der Waals surface area contributed by atoms with Gasteiger partial charge in [0.25, 0.3) is 0 Å². The molecule has 0 spiro atoms. The maximum absolute atomic E-state index is 11.8. The normalized spacial score (nSPS) is 14.8. The monoisotopic (exact) mass is 342 g/mol. The summed E-state index contributed by atoms with van der Waals surface area (Å²) in [4.78, 5) is 13.3. The van der Waals surface area contributed by atoms with E-state index in [0.29, 0.717) is 19.8 Å². The predicted molar refractivity (Wildman–Crippen MR) is 86.2 cm³/mol. The molecule has 1 aliphatic rings. The van der Waals surface area contributed by atoms with E-state index in [4.69, 9.17) is 9.47 Å². The van der Waals surface area contributed by atoms with Crippen LogP contribution < -0.4 is 22.6 Å². The number of halogens is 1. The van der Waals surface area contributed by atoms with Crippen LogP contribution in [-0.2, 0) is 16.1 Å². The number of ether oxygens (including phenoxy) is 2. The number of benzene rings is 1. The van der Waals surface area contributed by atoms with Crippen LogP contribution in [-0.4, -0.2) is 38.9 Å². The van der Waals surface area contributed by atoms with Gasteiger partial charge in [-0.15, -0.1) is 0 Å². The number of hydrogen-bond acceptors (Lipinski definition) is 3. The zero-order valence-electron chi connectivity index (χ0n) is 13.8. The number of amides is 1. The number of rotatable bonds is 7. The average Bonchev–Trinajstić information content (AvgIpc) is 2.54. The van der Waals surface area contributed by atoms with Crippen molar-refractivity contribution in [2.45, 2.75) is 32.8 Å². The number of carbonyl (C=O) groups excluding carboxylic acids is 1. The van der Waals surface area contributed by atoms with Crippen molar-refractivity contribution in [2.75, 3.05) is 38.2 Å². The zero-order chi connectivity index (χ0) is 15.6. The molecule has 23 heavy (non-hydrogen) atoms. The Labute approximate surface area is 144 Å². The lowest BCUT2D eigenvalue weighted by molar-refractivity contribution is -0.905. The van der Waals surface area contributed by atoms with Crippen LogP contribution in [0.25, 0.3) is 0 Å². The Hall–Kier alpha value is -1.30. The summed E-state index contributed by atoms with van der Waals surface area (Å²) >= 11 is 0. The minimum absolute atomic E-state index is 0. The van der Waals surface area contributed by atoms with Crippen LogP contribution >= 0.6 is 0 Å². The number of nitrogens with one attached hydrogen (secondary N) is 2. The fraction of sp³-hybridized carbons (Fsp3) is 0.588. The van der Waals surface area contributed by atoms with Crippen LogP contribution in [0.4, 0.5) is 10.5 Å². The van der Waals surface area contributed by atoms with Gasteiger partial charge in [-0.1, -0.05) is 12.1 Å². The molecule has 5 nitrogen and oxygen atoms in total. The van der Waals surface area contributed by atoms with Crippen molar-refractivity contribution < 1.29 is 31.6 Å². The van der Waals surface area contributed by atoms with Crippen LogP contribution in [0, 0.1) is 0 Å². The van der Waals surface area contributed by atoms with Gasteiger partial charge in [0.1, 0.15) is 13.2 Å². The molecule has 0 radical (unpaired) electrons. The van der Waals surface area contributed by atoms with Crippen LogP contribution in [0.1, 0.15) is 31.7 Å². The predicted octanol–water partition coefficient (Wildman–Crippen LogP) is -1.16. The Morgan fingerprint density at radius 2 is 2.04 bits per heavy atom. The smallest absolute Gasteiger partial charge is 0.411 e. The molecule has 0 unspecified atom stereocenters. The second kappa shape index (κ2) is 11.3. The molecule has 6 heteroatoms. The number of piperidine rings is 1. The molecule has 0 atom stereocenters. The molecule has 1 amide bonds. The Bertz CT molecular complexity index is 465. The summed E-state index contributed by atoms with van der Waals surface area (Å²) < 4.78 is 10.6. The summed E-state index contributed by atoms with van der Waals surface area (Å²) in [5.41, 5.74) is 1.78. The molecule has 1 fully saturated rings. The first-order chi connectivity index (χ1) is 10.8. The second-order valence-electron chi connectivity index (χ2n) is 5.66. The van der Waals surface area contributed by atoms with Crippen molar-refractivity contribution in [3.63, 3.8) is 0 Å². The van der Waals surface area contributed by atoms with Gasteiger partial charge >= 0.3 is 6.09 Å². The van der Waals surface area contributed by atoms with E-state index in [1.807, 2.05) is 31.2 Å². The summed E-state index contributed by atoms with van der Waals surface area (Å²) in [5, 5.41) is 2.77. The molecule has 1 aromatic rings. The van der Waals surface area contributed by atoms with Gasteiger partial charge in [0, 0.05) is 12.3 Å². The first-order valence-electron chi connectivity index (χ1n) is 8.22. The van der Waals surface area contributed by atoms with Crippen LogP contribution in [0.15, 0.2) is 24.3 Å². The number of quaternary nitrogens is 1. The third-order valence-electron chi connectivity index (χ3n) is 3.90. The topological polar surface area (TPSA) is 52.0 Å². The van der Waals surface area contributed by atoms with Crippen molar-refractivity contribution in [1.82, 2.24) is 0 Å². The molecule has 1 saturated heterocycles. The quantitative estimate of drug-likeness (QED) is 0.657. The maximum atomic E-state index is 11.8. The summed E-state index contributed by atoms with van der Waals surface area (Å²) in [6.07, 6.45) is 3.52. The summed E-state index contributed by atoms with van der Waals surface area (Å²) in [5.74, 6) is 0. The second-order valence-corrected chi connectivity index (χ2v) is 5.66. The van der Waals surface area contributed by atoms with Crippen molar-refractivity contribution in [1.29, 1.82) is 0 Å². The first kappa shape index (κ1) is 19.7. The molecule has 1 heterocycles. The lowest BCUT2D eigenvalue weighted by atomic mass is 10.1. The van der Waals surface area contributed by atoms with E-state index in [0.717, 1.165) is 17.8 Å². The van der Waals surface area contributed by atoms with E-state index < -0.39 is 0 Å². The average molecular weight is 343 g/mol. The highest BCUT2D eigenvalue weighted by molar-refractivity contribution is 5.84. The van der Waals surface area contributed by atoms with Gasteiger partial charge < -0.3 is 26.8 Å². The summed E-state index contributed by atoms with van der Waals surface area (Å²) in [6, 6.07) is 7.65. The zero-order valence-corrected chi connectivity index (χ0v) is 14.5. The van der Waals surface area contributed by atoms with E-state index in [2.05, 4.69) is 5.32 Å². The fourth-order valence-corrected chi connectivity index (χ4v) is 2.70. The lowest BCUT2D eigenvalue weighted by Crippen LogP contribution is -3.13. The minimum Gasteiger partial charge on any atom is -1.00 e. The molecule has 0 bridgehead atoms. The largest absolute Gasteiger partial charge is 1.00 e. The molecule has 1 aromatic carbocycles. The van der Waals surface area contributed by atoms with Crippen LogP contribution in [0.5, 0.6) is 0 Å². The molecule has 2 rings (SSSR count). The highest BCUT2D eigenvalue weighted by atomic mass is 35.5. The minimum atomic E-state index is -0.384. The van der Waals surface area contributed by atoms with Gasteiger partial charge in [-0.3, -0.25) is 5.32 Å².